The Morgan fingerprint density at radius 1 is 1.50 bits per heavy atom. The van der Waals surface area contributed by atoms with Gasteiger partial charge in [-0.1, -0.05) is 0 Å². The summed E-state index contributed by atoms with van der Waals surface area (Å²) in [6, 6.07) is 3.78. The molecule has 1 N–H and O–H groups in total. The highest BCUT2D eigenvalue weighted by molar-refractivity contribution is 5.59. The van der Waals surface area contributed by atoms with E-state index in [1.165, 1.54) is 0 Å². The molecule has 14 heavy (non-hydrogen) atoms. The molecule has 0 saturated carbocycles. The van der Waals surface area contributed by atoms with E-state index in [0.717, 1.165) is 5.82 Å². The van der Waals surface area contributed by atoms with E-state index >= 15 is 0 Å². The van der Waals surface area contributed by atoms with Gasteiger partial charge in [0.15, 0.2) is 0 Å². The molecule has 0 atom stereocenters. The summed E-state index contributed by atoms with van der Waals surface area (Å²) in [4.78, 5) is 8.06. The van der Waals surface area contributed by atoms with Gasteiger partial charge in [-0.3, -0.25) is 0 Å². The molecular formula is C9H11N5. The molecule has 5 nitrogen and oxygen atoms in total. The summed E-state index contributed by atoms with van der Waals surface area (Å²) in [7, 11) is 0. The minimum atomic E-state index is 0.458. The Kier molecular flexibility index (Phi) is 4.73. The second-order valence-electron chi connectivity index (χ2n) is 2.50. The zero-order chi connectivity index (χ0) is 10.1. The smallest absolute Gasteiger partial charge is 0.133 e. The Balaban J connectivity index is 2.18. The van der Waals surface area contributed by atoms with Crippen LogP contribution in [0.15, 0.2) is 23.6 Å². The lowest BCUT2D eigenvalue weighted by Gasteiger charge is -1.94. The van der Waals surface area contributed by atoms with Crippen molar-refractivity contribution < 1.29 is 0 Å². The highest BCUT2D eigenvalue weighted by Gasteiger charge is 1.89. The predicted octanol–water partition coefficient (Wildman–Crippen LogP) is 0.508. The van der Waals surface area contributed by atoms with Crippen LogP contribution in [0.25, 0.3) is 0 Å². The molecule has 0 amide bonds. The van der Waals surface area contributed by atoms with Gasteiger partial charge in [0.2, 0.25) is 0 Å². The third-order valence-corrected chi connectivity index (χ3v) is 1.42. The fourth-order valence-electron chi connectivity index (χ4n) is 0.804. The standard InChI is InChI=1S/C9H11N5/c10-4-1-7-13-14-8-3-9-11-5-2-6-12-9/h2,5-6,8,13H,1,3,7H2/b14-8+. The highest BCUT2D eigenvalue weighted by atomic mass is 15.3. The van der Waals surface area contributed by atoms with Crippen LogP contribution >= 0.6 is 0 Å². The van der Waals surface area contributed by atoms with Crippen molar-refractivity contribution in [1.82, 2.24) is 15.4 Å². The molecule has 5 heteroatoms. The lowest BCUT2D eigenvalue weighted by atomic mass is 10.4. The van der Waals surface area contributed by atoms with Crippen LogP contribution in [-0.2, 0) is 6.42 Å². The van der Waals surface area contributed by atoms with Crippen molar-refractivity contribution in [2.45, 2.75) is 12.8 Å². The quantitative estimate of drug-likeness (QED) is 0.416. The second kappa shape index (κ2) is 6.54. The molecule has 1 heterocycles. The van der Waals surface area contributed by atoms with Gasteiger partial charge < -0.3 is 5.43 Å². The molecule has 1 aromatic rings. The van der Waals surface area contributed by atoms with Crippen molar-refractivity contribution in [1.29, 1.82) is 5.26 Å². The van der Waals surface area contributed by atoms with Gasteiger partial charge in [-0.15, -0.1) is 0 Å². The van der Waals surface area contributed by atoms with Gasteiger partial charge in [-0.05, 0) is 6.07 Å². The molecule has 0 bridgehead atoms. The lowest BCUT2D eigenvalue weighted by Crippen LogP contribution is -2.07. The lowest BCUT2D eigenvalue weighted by molar-refractivity contribution is 0.747. The summed E-state index contributed by atoms with van der Waals surface area (Å²) >= 11 is 0. The minimum absolute atomic E-state index is 0.458. The van der Waals surface area contributed by atoms with Crippen molar-refractivity contribution in [2.75, 3.05) is 6.54 Å². The molecule has 0 aliphatic rings. The van der Waals surface area contributed by atoms with E-state index < -0.39 is 0 Å². The van der Waals surface area contributed by atoms with Gasteiger partial charge in [0.1, 0.15) is 5.82 Å². The molecule has 0 spiro atoms. The zero-order valence-corrected chi connectivity index (χ0v) is 7.72. The summed E-state index contributed by atoms with van der Waals surface area (Å²) in [6.45, 7) is 0.572. The molecular weight excluding hydrogens is 178 g/mol. The van der Waals surface area contributed by atoms with Crippen LogP contribution < -0.4 is 5.43 Å². The van der Waals surface area contributed by atoms with Crippen molar-refractivity contribution >= 4 is 6.21 Å². The van der Waals surface area contributed by atoms with E-state index in [1.54, 1.807) is 24.7 Å². The zero-order valence-electron chi connectivity index (χ0n) is 7.72. The van der Waals surface area contributed by atoms with E-state index in [0.29, 0.717) is 19.4 Å². The largest absolute Gasteiger partial charge is 0.309 e. The van der Waals surface area contributed by atoms with E-state index in [2.05, 4.69) is 20.5 Å². The fourth-order valence-corrected chi connectivity index (χ4v) is 0.804. The summed E-state index contributed by atoms with van der Waals surface area (Å²) in [5.41, 5.74) is 2.75. The molecule has 0 saturated heterocycles. The summed E-state index contributed by atoms with van der Waals surface area (Å²) in [6.07, 6.45) is 6.13. The van der Waals surface area contributed by atoms with Crippen molar-refractivity contribution in [3.8, 4) is 6.07 Å². The normalized spacial score (nSPS) is 9.93. The van der Waals surface area contributed by atoms with Gasteiger partial charge in [0, 0.05) is 31.6 Å². The maximum atomic E-state index is 8.24. The van der Waals surface area contributed by atoms with Crippen molar-refractivity contribution in [3.63, 3.8) is 0 Å². The van der Waals surface area contributed by atoms with Crippen LogP contribution in [-0.4, -0.2) is 22.7 Å². The Bertz CT molecular complexity index is 314. The molecule has 0 unspecified atom stereocenters. The molecule has 0 aliphatic heterocycles. The fraction of sp³-hybridized carbons (Fsp3) is 0.333. The van der Waals surface area contributed by atoms with Gasteiger partial charge in [-0.2, -0.15) is 10.4 Å². The van der Waals surface area contributed by atoms with Crippen molar-refractivity contribution in [2.24, 2.45) is 5.10 Å². The first-order chi connectivity index (χ1) is 6.93. The number of nitrogens with zero attached hydrogens (tertiary/aromatic N) is 4. The van der Waals surface area contributed by atoms with E-state index in [4.69, 9.17) is 5.26 Å². The first kappa shape index (κ1) is 10.1. The molecule has 1 aromatic heterocycles. The second-order valence-corrected chi connectivity index (χ2v) is 2.50. The first-order valence-corrected chi connectivity index (χ1v) is 4.30. The van der Waals surface area contributed by atoms with Crippen LogP contribution in [0.4, 0.5) is 0 Å². The third kappa shape index (κ3) is 4.16. The van der Waals surface area contributed by atoms with Crippen LogP contribution in [0.1, 0.15) is 12.2 Å². The monoisotopic (exact) mass is 189 g/mol. The van der Waals surface area contributed by atoms with Crippen LogP contribution in [0, 0.1) is 11.3 Å². The van der Waals surface area contributed by atoms with Crippen molar-refractivity contribution in [3.05, 3.63) is 24.3 Å². The summed E-state index contributed by atoms with van der Waals surface area (Å²) < 4.78 is 0. The number of nitrogens with one attached hydrogen (secondary N) is 1. The minimum Gasteiger partial charge on any atom is -0.309 e. The average Bonchev–Trinajstić information content (AvgIpc) is 2.25. The Morgan fingerprint density at radius 2 is 2.29 bits per heavy atom. The first-order valence-electron chi connectivity index (χ1n) is 4.30. The molecule has 0 fully saturated rings. The SMILES string of the molecule is N#CCCN/N=C/Cc1ncccn1. The van der Waals surface area contributed by atoms with E-state index in [-0.39, 0.29) is 0 Å². The molecule has 1 rings (SSSR count). The van der Waals surface area contributed by atoms with Gasteiger partial charge in [0.25, 0.3) is 0 Å². The Morgan fingerprint density at radius 3 is 3.00 bits per heavy atom. The number of hydrogen-bond donors (Lipinski definition) is 1. The van der Waals surface area contributed by atoms with Gasteiger partial charge >= 0.3 is 0 Å². The summed E-state index contributed by atoms with van der Waals surface area (Å²) in [5.74, 6) is 0.735. The van der Waals surface area contributed by atoms with Crippen LogP contribution in [0.3, 0.4) is 0 Å². The topological polar surface area (TPSA) is 74.0 Å². The van der Waals surface area contributed by atoms with Crippen LogP contribution in [0.2, 0.25) is 0 Å². The molecule has 0 aromatic carbocycles. The van der Waals surface area contributed by atoms with Gasteiger partial charge in [-0.25, -0.2) is 9.97 Å². The number of hydrogen-bond acceptors (Lipinski definition) is 5. The highest BCUT2D eigenvalue weighted by Crippen LogP contribution is 1.85. The van der Waals surface area contributed by atoms with E-state index in [9.17, 15) is 0 Å². The maximum Gasteiger partial charge on any atom is 0.133 e. The van der Waals surface area contributed by atoms with Crippen LogP contribution in [0.5, 0.6) is 0 Å². The van der Waals surface area contributed by atoms with E-state index in [1.807, 2.05) is 6.07 Å². The Labute approximate surface area is 82.5 Å². The number of aromatic nitrogens is 2. The predicted molar refractivity (Wildman–Crippen MR) is 52.5 cm³/mol. The van der Waals surface area contributed by atoms with Gasteiger partial charge in [0.05, 0.1) is 12.5 Å². The number of rotatable bonds is 5. The third-order valence-electron chi connectivity index (χ3n) is 1.42. The summed E-state index contributed by atoms with van der Waals surface area (Å²) in [5, 5.41) is 12.1. The molecule has 0 radical (unpaired) electrons. The maximum absolute atomic E-state index is 8.24. The molecule has 72 valence electrons. The number of nitriles is 1. The Hall–Kier alpha value is -1.96. The molecule has 0 aliphatic carbocycles. The average molecular weight is 189 g/mol. The number of hydrazone groups is 1.